The van der Waals surface area contributed by atoms with Crippen molar-refractivity contribution in [3.63, 3.8) is 0 Å². The van der Waals surface area contributed by atoms with Gasteiger partial charge in [0.2, 0.25) is 5.71 Å². The van der Waals surface area contributed by atoms with Crippen molar-refractivity contribution in [2.24, 2.45) is 17.8 Å². The van der Waals surface area contributed by atoms with Crippen LogP contribution < -0.4 is 0 Å². The van der Waals surface area contributed by atoms with Gasteiger partial charge in [0, 0.05) is 49.1 Å². The number of furan rings is 1. The Morgan fingerprint density at radius 1 is 0.878 bits per heavy atom. The van der Waals surface area contributed by atoms with E-state index in [0.717, 1.165) is 65.5 Å². The van der Waals surface area contributed by atoms with E-state index < -0.39 is 0 Å². The number of ketones is 1. The summed E-state index contributed by atoms with van der Waals surface area (Å²) in [4.78, 5) is 25.6. The molecular formula is C42H52IrN3O3-. The number of hydrogen-bond donors (Lipinski definition) is 1. The predicted molar refractivity (Wildman–Crippen MR) is 198 cm³/mol. The Kier molecular flexibility index (Phi) is 14.5. The Morgan fingerprint density at radius 2 is 1.53 bits per heavy atom. The van der Waals surface area contributed by atoms with Crippen LogP contribution in [-0.4, -0.2) is 25.8 Å². The SMILES string of the molecule is CC(C)Cc1cc(-c2cc(-c3[c-]c4ccccc4c(C(C)(C)C)c3)ncn2)nc2occc12.CCC(CC)C(=O)/C=C(\O)C(CC)CC.[Ir]. The molecule has 0 spiro atoms. The summed E-state index contributed by atoms with van der Waals surface area (Å²) in [6.45, 7) is 19.2. The van der Waals surface area contributed by atoms with Gasteiger partial charge < -0.3 is 9.52 Å². The summed E-state index contributed by atoms with van der Waals surface area (Å²) in [5.41, 5.74) is 6.53. The van der Waals surface area contributed by atoms with Crippen LogP contribution >= 0.6 is 0 Å². The molecule has 0 bridgehead atoms. The first kappa shape index (κ1) is 39.8. The van der Waals surface area contributed by atoms with Gasteiger partial charge in [-0.1, -0.05) is 91.5 Å². The molecule has 1 N–H and O–H groups in total. The van der Waals surface area contributed by atoms with Crippen LogP contribution in [0.5, 0.6) is 0 Å². The van der Waals surface area contributed by atoms with Crippen molar-refractivity contribution in [3.8, 4) is 22.6 Å². The molecule has 0 atom stereocenters. The van der Waals surface area contributed by atoms with Gasteiger partial charge in [0.05, 0.1) is 23.4 Å². The number of nitrogens with zero attached hydrogens (tertiary/aromatic N) is 3. The van der Waals surface area contributed by atoms with E-state index in [1.165, 1.54) is 22.6 Å². The zero-order chi connectivity index (χ0) is 35.0. The van der Waals surface area contributed by atoms with Crippen molar-refractivity contribution in [1.29, 1.82) is 0 Å². The molecule has 3 heterocycles. The van der Waals surface area contributed by atoms with E-state index in [1.54, 1.807) is 12.6 Å². The van der Waals surface area contributed by atoms with E-state index in [0.29, 0.717) is 11.6 Å². The monoisotopic (exact) mass is 839 g/mol. The maximum atomic E-state index is 11.7. The van der Waals surface area contributed by atoms with E-state index in [1.807, 2.05) is 39.8 Å². The van der Waals surface area contributed by atoms with E-state index in [9.17, 15) is 9.90 Å². The van der Waals surface area contributed by atoms with Crippen LogP contribution in [0.3, 0.4) is 0 Å². The predicted octanol–water partition coefficient (Wildman–Crippen LogP) is 11.3. The minimum absolute atomic E-state index is 0. The Hall–Kier alpha value is -3.67. The standard InChI is InChI=1S/C29H28N3O.C13H24O2.Ir/c1-18(2)12-20-15-27(32-28-23(20)10-11-33-28)26-16-25(30-17-31-26)21-13-19-8-6-7-9-22(19)24(14-21)29(3,4)5;1-5-10(6-2)12(14)9-13(15)11(7-3)8-4;/h6-11,14-18H,12H2,1-5H3;9-11,14H,5-8H2,1-4H3;/q-1;;/b;12-9-;. The van der Waals surface area contributed by atoms with Crippen molar-refractivity contribution in [2.45, 2.75) is 99.8 Å². The largest absolute Gasteiger partial charge is 0.512 e. The third-order valence-corrected chi connectivity index (χ3v) is 9.02. The topological polar surface area (TPSA) is 89.1 Å². The minimum Gasteiger partial charge on any atom is -0.512 e. The van der Waals surface area contributed by atoms with Gasteiger partial charge in [-0.05, 0) is 67.2 Å². The molecule has 7 heteroatoms. The fourth-order valence-electron chi connectivity index (χ4n) is 6.17. The van der Waals surface area contributed by atoms with Crippen LogP contribution in [0.15, 0.2) is 77.4 Å². The van der Waals surface area contributed by atoms with Gasteiger partial charge in [0.1, 0.15) is 6.33 Å². The first-order valence-corrected chi connectivity index (χ1v) is 17.5. The molecule has 2 aromatic carbocycles. The van der Waals surface area contributed by atoms with Crippen molar-refractivity contribution in [3.05, 3.63) is 90.1 Å². The van der Waals surface area contributed by atoms with Gasteiger partial charge in [-0.3, -0.25) is 9.78 Å². The number of aromatic nitrogens is 3. The number of pyridine rings is 1. The molecule has 0 aliphatic heterocycles. The van der Waals surface area contributed by atoms with Crippen LogP contribution in [0.4, 0.5) is 0 Å². The number of carbonyl (C=O) groups is 1. The first-order valence-electron chi connectivity index (χ1n) is 17.5. The fourth-order valence-corrected chi connectivity index (χ4v) is 6.17. The molecule has 3 aromatic heterocycles. The number of rotatable bonds is 11. The number of allylic oxidation sites excluding steroid dienone is 2. The normalized spacial score (nSPS) is 12.0. The molecule has 5 rings (SSSR count). The zero-order valence-corrected chi connectivity index (χ0v) is 33.0. The summed E-state index contributed by atoms with van der Waals surface area (Å²) in [5, 5.41) is 13.1. The Labute approximate surface area is 306 Å². The third-order valence-electron chi connectivity index (χ3n) is 9.02. The number of aliphatic hydroxyl groups is 1. The van der Waals surface area contributed by atoms with E-state index in [4.69, 9.17) is 9.40 Å². The maximum absolute atomic E-state index is 11.7. The molecule has 1 radical (unpaired) electrons. The molecule has 0 saturated heterocycles. The average Bonchev–Trinajstić information content (AvgIpc) is 3.54. The molecule has 5 aromatic rings. The average molecular weight is 839 g/mol. The summed E-state index contributed by atoms with van der Waals surface area (Å²) < 4.78 is 5.66. The second-order valence-corrected chi connectivity index (χ2v) is 14.1. The molecule has 0 fully saturated rings. The van der Waals surface area contributed by atoms with Crippen molar-refractivity contribution in [1.82, 2.24) is 15.0 Å². The molecule has 0 amide bonds. The van der Waals surface area contributed by atoms with Crippen molar-refractivity contribution in [2.75, 3.05) is 0 Å². The summed E-state index contributed by atoms with van der Waals surface area (Å²) in [5.74, 6) is 1.08. The Bertz CT molecular complexity index is 1860. The van der Waals surface area contributed by atoms with Gasteiger partial charge in [-0.15, -0.1) is 29.1 Å². The van der Waals surface area contributed by atoms with E-state index in [-0.39, 0.29) is 48.9 Å². The summed E-state index contributed by atoms with van der Waals surface area (Å²) in [6, 6.07) is 20.3. The van der Waals surface area contributed by atoms with Gasteiger partial charge in [-0.2, -0.15) is 0 Å². The second kappa shape index (κ2) is 17.8. The fraction of sp³-hybridized carbons (Fsp3) is 0.429. The second-order valence-electron chi connectivity index (χ2n) is 14.1. The number of fused-ring (bicyclic) bond motifs is 2. The van der Waals surface area contributed by atoms with E-state index in [2.05, 4.69) is 87.1 Å². The van der Waals surface area contributed by atoms with Crippen molar-refractivity contribution < 1.29 is 34.4 Å². The third kappa shape index (κ3) is 9.95. The number of benzene rings is 2. The Balaban J connectivity index is 0.000000347. The Morgan fingerprint density at radius 3 is 2.16 bits per heavy atom. The van der Waals surface area contributed by atoms with Crippen LogP contribution in [0.2, 0.25) is 0 Å². The van der Waals surface area contributed by atoms with Crippen LogP contribution in [-0.2, 0) is 36.7 Å². The quantitative estimate of drug-likeness (QED) is 0.0810. The zero-order valence-electron chi connectivity index (χ0n) is 30.6. The van der Waals surface area contributed by atoms with E-state index >= 15 is 0 Å². The summed E-state index contributed by atoms with van der Waals surface area (Å²) in [7, 11) is 0. The molecule has 0 saturated carbocycles. The van der Waals surface area contributed by atoms with Crippen LogP contribution in [0.1, 0.15) is 99.1 Å². The molecule has 0 unspecified atom stereocenters. The summed E-state index contributed by atoms with van der Waals surface area (Å²) >= 11 is 0. The van der Waals surface area contributed by atoms with Crippen LogP contribution in [0.25, 0.3) is 44.5 Å². The molecule has 0 aliphatic carbocycles. The molecule has 49 heavy (non-hydrogen) atoms. The number of aliphatic hydroxyl groups excluding tert-OH is 1. The molecule has 263 valence electrons. The smallest absolute Gasteiger partial charge is 0.226 e. The van der Waals surface area contributed by atoms with Gasteiger partial charge >= 0.3 is 0 Å². The maximum Gasteiger partial charge on any atom is 0.226 e. The van der Waals surface area contributed by atoms with Crippen LogP contribution in [0, 0.1) is 23.8 Å². The molecule has 6 nitrogen and oxygen atoms in total. The minimum atomic E-state index is -0.00304. The molecule has 0 aliphatic rings. The van der Waals surface area contributed by atoms with Gasteiger partial charge in [0.25, 0.3) is 0 Å². The van der Waals surface area contributed by atoms with Gasteiger partial charge in [-0.25, -0.2) is 9.97 Å². The first-order chi connectivity index (χ1) is 22.9. The molecular weight excluding hydrogens is 787 g/mol. The number of hydrogen-bond acceptors (Lipinski definition) is 6. The van der Waals surface area contributed by atoms with Crippen molar-refractivity contribution >= 4 is 27.7 Å². The number of carbonyl (C=O) groups excluding carboxylic acids is 1. The van der Waals surface area contributed by atoms with Gasteiger partial charge in [0.15, 0.2) is 5.78 Å². The summed E-state index contributed by atoms with van der Waals surface area (Å²) in [6.07, 6.45) is 9.18.